The molecule has 0 fully saturated rings. The van der Waals surface area contributed by atoms with Crippen LogP contribution in [0.25, 0.3) is 0 Å². The normalized spacial score (nSPS) is 10.5. The molecule has 0 unspecified atom stereocenters. The van der Waals surface area contributed by atoms with Gasteiger partial charge in [0.1, 0.15) is 12.4 Å². The number of hydrogen-bond donors (Lipinski definition) is 1. The zero-order chi connectivity index (χ0) is 19.2. The van der Waals surface area contributed by atoms with Gasteiger partial charge >= 0.3 is 0 Å². The highest BCUT2D eigenvalue weighted by molar-refractivity contribution is 9.10. The SMILES string of the molecule is COc1ccc(Br)c(CNc2ccc(Cl)cc2)c1OCc1ccccc1F. The fraction of sp³-hybridized carbons (Fsp3) is 0.143. The van der Waals surface area contributed by atoms with Gasteiger partial charge in [0.15, 0.2) is 11.5 Å². The number of anilines is 1. The van der Waals surface area contributed by atoms with Crippen LogP contribution < -0.4 is 14.8 Å². The third kappa shape index (κ3) is 4.93. The smallest absolute Gasteiger partial charge is 0.167 e. The Hall–Kier alpha value is -2.24. The lowest BCUT2D eigenvalue weighted by atomic mass is 10.1. The summed E-state index contributed by atoms with van der Waals surface area (Å²) in [5.74, 6) is 0.853. The Morgan fingerprint density at radius 3 is 2.48 bits per heavy atom. The van der Waals surface area contributed by atoms with Gasteiger partial charge in [-0.25, -0.2) is 4.39 Å². The predicted molar refractivity (Wildman–Crippen MR) is 110 cm³/mol. The first-order valence-electron chi connectivity index (χ1n) is 8.29. The molecule has 0 amide bonds. The molecule has 0 spiro atoms. The lowest BCUT2D eigenvalue weighted by molar-refractivity contribution is 0.276. The zero-order valence-corrected chi connectivity index (χ0v) is 17.0. The Labute approximate surface area is 171 Å². The second-order valence-electron chi connectivity index (χ2n) is 5.80. The first kappa shape index (κ1) is 19.5. The molecule has 0 radical (unpaired) electrons. The molecule has 3 rings (SSSR count). The molecule has 0 aliphatic carbocycles. The van der Waals surface area contributed by atoms with E-state index in [1.165, 1.54) is 6.07 Å². The molecule has 6 heteroatoms. The van der Waals surface area contributed by atoms with E-state index < -0.39 is 0 Å². The molecule has 0 aromatic heterocycles. The molecule has 0 aliphatic heterocycles. The van der Waals surface area contributed by atoms with Crippen LogP contribution in [0.1, 0.15) is 11.1 Å². The number of benzene rings is 3. The number of ether oxygens (including phenoxy) is 2. The highest BCUT2D eigenvalue weighted by atomic mass is 79.9. The van der Waals surface area contributed by atoms with Gasteiger partial charge in [-0.15, -0.1) is 0 Å². The molecule has 0 aliphatic rings. The minimum absolute atomic E-state index is 0.105. The summed E-state index contributed by atoms with van der Waals surface area (Å²) in [4.78, 5) is 0. The highest BCUT2D eigenvalue weighted by Gasteiger charge is 2.15. The van der Waals surface area contributed by atoms with E-state index in [0.717, 1.165) is 15.7 Å². The summed E-state index contributed by atoms with van der Waals surface area (Å²) in [7, 11) is 1.58. The number of hydrogen-bond acceptors (Lipinski definition) is 3. The van der Waals surface area contributed by atoms with Gasteiger partial charge in [-0.1, -0.05) is 45.7 Å². The second kappa shape index (κ2) is 9.11. The standard InChI is InChI=1S/C21H18BrClFNO2/c1-26-20-11-10-18(22)17(12-25-16-8-6-15(23)7-9-16)21(20)27-13-14-4-2-3-5-19(14)24/h2-11,25H,12-13H2,1H3. The van der Waals surface area contributed by atoms with Crippen molar-refractivity contribution >= 4 is 33.2 Å². The van der Waals surface area contributed by atoms with Crippen molar-refractivity contribution < 1.29 is 13.9 Å². The van der Waals surface area contributed by atoms with E-state index in [4.69, 9.17) is 21.1 Å². The summed E-state index contributed by atoms with van der Waals surface area (Å²) in [6.45, 7) is 0.597. The number of nitrogens with one attached hydrogen (secondary N) is 1. The summed E-state index contributed by atoms with van der Waals surface area (Å²) in [5.41, 5.74) is 2.28. The Morgan fingerprint density at radius 1 is 1.04 bits per heavy atom. The Bertz CT molecular complexity index is 919. The van der Waals surface area contributed by atoms with E-state index in [-0.39, 0.29) is 12.4 Å². The van der Waals surface area contributed by atoms with Gasteiger partial charge in [0, 0.05) is 32.9 Å². The fourth-order valence-electron chi connectivity index (χ4n) is 2.59. The van der Waals surface area contributed by atoms with Crippen molar-refractivity contribution in [1.82, 2.24) is 0 Å². The Kier molecular flexibility index (Phi) is 6.58. The number of methoxy groups -OCH3 is 1. The third-order valence-corrected chi connectivity index (χ3v) is 5.03. The largest absolute Gasteiger partial charge is 0.493 e. The molecule has 0 saturated carbocycles. The molecule has 0 heterocycles. The minimum Gasteiger partial charge on any atom is -0.493 e. The van der Waals surface area contributed by atoms with Crippen molar-refractivity contribution in [2.75, 3.05) is 12.4 Å². The van der Waals surface area contributed by atoms with E-state index in [0.29, 0.717) is 28.6 Å². The second-order valence-corrected chi connectivity index (χ2v) is 7.09. The van der Waals surface area contributed by atoms with Crippen LogP contribution in [0.15, 0.2) is 65.1 Å². The zero-order valence-electron chi connectivity index (χ0n) is 14.6. The van der Waals surface area contributed by atoms with Crippen LogP contribution >= 0.6 is 27.5 Å². The van der Waals surface area contributed by atoms with E-state index >= 15 is 0 Å². The molecule has 1 N–H and O–H groups in total. The molecule has 3 aromatic rings. The van der Waals surface area contributed by atoms with Crippen molar-refractivity contribution in [3.8, 4) is 11.5 Å². The first-order valence-corrected chi connectivity index (χ1v) is 9.46. The van der Waals surface area contributed by atoms with Crippen molar-refractivity contribution in [1.29, 1.82) is 0 Å². The average Bonchev–Trinajstić information content (AvgIpc) is 2.68. The highest BCUT2D eigenvalue weighted by Crippen LogP contribution is 2.37. The monoisotopic (exact) mass is 449 g/mol. The van der Waals surface area contributed by atoms with E-state index in [1.807, 2.05) is 36.4 Å². The van der Waals surface area contributed by atoms with Crippen molar-refractivity contribution in [3.63, 3.8) is 0 Å². The van der Waals surface area contributed by atoms with Gasteiger partial charge in [0.2, 0.25) is 0 Å². The summed E-state index contributed by atoms with van der Waals surface area (Å²) in [5, 5.41) is 4.01. The number of halogens is 3. The molecule has 3 aromatic carbocycles. The fourth-order valence-corrected chi connectivity index (χ4v) is 3.17. The van der Waals surface area contributed by atoms with E-state index in [9.17, 15) is 4.39 Å². The topological polar surface area (TPSA) is 30.5 Å². The molecular weight excluding hydrogens is 433 g/mol. The molecule has 140 valence electrons. The predicted octanol–water partition coefficient (Wildman–Crippen LogP) is 6.44. The van der Waals surface area contributed by atoms with Crippen LogP contribution in [0.5, 0.6) is 11.5 Å². The first-order chi connectivity index (χ1) is 13.1. The summed E-state index contributed by atoms with van der Waals surface area (Å²) in [6.07, 6.45) is 0. The van der Waals surface area contributed by atoms with Crippen molar-refractivity contribution in [3.05, 3.63) is 87.1 Å². The van der Waals surface area contributed by atoms with Gasteiger partial charge in [-0.3, -0.25) is 0 Å². The van der Waals surface area contributed by atoms with E-state index in [2.05, 4.69) is 21.2 Å². The Morgan fingerprint density at radius 2 is 1.78 bits per heavy atom. The Balaban J connectivity index is 1.83. The van der Waals surface area contributed by atoms with Crippen molar-refractivity contribution in [2.45, 2.75) is 13.2 Å². The van der Waals surface area contributed by atoms with Gasteiger partial charge < -0.3 is 14.8 Å². The molecule has 27 heavy (non-hydrogen) atoms. The summed E-state index contributed by atoms with van der Waals surface area (Å²) in [6, 6.07) is 17.7. The van der Waals surface area contributed by atoms with Gasteiger partial charge in [-0.2, -0.15) is 0 Å². The van der Waals surface area contributed by atoms with Crippen LogP contribution in [-0.2, 0) is 13.2 Å². The molecule has 0 atom stereocenters. The summed E-state index contributed by atoms with van der Waals surface area (Å²) >= 11 is 9.49. The van der Waals surface area contributed by atoms with Gasteiger partial charge in [-0.05, 0) is 42.5 Å². The number of rotatable bonds is 7. The lowest BCUT2D eigenvalue weighted by Gasteiger charge is -2.18. The molecule has 0 bridgehead atoms. The molecule has 3 nitrogen and oxygen atoms in total. The molecule has 0 saturated heterocycles. The van der Waals surface area contributed by atoms with Gasteiger partial charge in [0.25, 0.3) is 0 Å². The molecular formula is C21H18BrClFNO2. The lowest BCUT2D eigenvalue weighted by Crippen LogP contribution is -2.07. The average molecular weight is 451 g/mol. The summed E-state index contributed by atoms with van der Waals surface area (Å²) < 4.78 is 26.2. The quantitative estimate of drug-likeness (QED) is 0.449. The maximum Gasteiger partial charge on any atom is 0.167 e. The minimum atomic E-state index is -0.299. The van der Waals surface area contributed by atoms with Gasteiger partial charge in [0.05, 0.1) is 7.11 Å². The van der Waals surface area contributed by atoms with Crippen molar-refractivity contribution in [2.24, 2.45) is 0 Å². The van der Waals surface area contributed by atoms with Crippen LogP contribution in [0.4, 0.5) is 10.1 Å². The van der Waals surface area contributed by atoms with Crippen LogP contribution in [0, 0.1) is 5.82 Å². The van der Waals surface area contributed by atoms with Crippen LogP contribution in [0.2, 0.25) is 5.02 Å². The third-order valence-electron chi connectivity index (χ3n) is 4.03. The maximum atomic E-state index is 13.9. The van der Waals surface area contributed by atoms with Crippen LogP contribution in [0.3, 0.4) is 0 Å². The van der Waals surface area contributed by atoms with Crippen LogP contribution in [-0.4, -0.2) is 7.11 Å². The van der Waals surface area contributed by atoms with E-state index in [1.54, 1.807) is 25.3 Å². The maximum absolute atomic E-state index is 13.9.